The van der Waals surface area contributed by atoms with Crippen LogP contribution in [0, 0.1) is 0 Å². The Morgan fingerprint density at radius 3 is 2.52 bits per heavy atom. The number of rotatable bonds is 5. The molecule has 1 aromatic heterocycles. The van der Waals surface area contributed by atoms with Crippen LogP contribution in [0.4, 0.5) is 5.69 Å². The maximum absolute atomic E-state index is 12.1. The standard InChI is InChI=1S/C18H20ClN3O/c19-14-7-5-13(6-8-14)11-20-16-9-10-17(21-12-16)18(23)22-15-3-1-2-4-15/h5-10,12,15,20H,1-4,11H2,(H,22,23). The van der Waals surface area contributed by atoms with E-state index in [1.54, 1.807) is 12.3 Å². The van der Waals surface area contributed by atoms with Gasteiger partial charge < -0.3 is 10.6 Å². The summed E-state index contributed by atoms with van der Waals surface area (Å²) in [6.45, 7) is 0.687. The van der Waals surface area contributed by atoms with Crippen molar-refractivity contribution in [1.82, 2.24) is 10.3 Å². The van der Waals surface area contributed by atoms with Crippen LogP contribution in [-0.4, -0.2) is 16.9 Å². The molecule has 23 heavy (non-hydrogen) atoms. The molecule has 1 saturated carbocycles. The van der Waals surface area contributed by atoms with Gasteiger partial charge in [-0.2, -0.15) is 0 Å². The predicted molar refractivity (Wildman–Crippen MR) is 92.7 cm³/mol. The first kappa shape index (κ1) is 15.8. The van der Waals surface area contributed by atoms with E-state index >= 15 is 0 Å². The van der Waals surface area contributed by atoms with Crippen LogP contribution < -0.4 is 10.6 Å². The highest BCUT2D eigenvalue weighted by Crippen LogP contribution is 2.18. The molecule has 1 fully saturated rings. The lowest BCUT2D eigenvalue weighted by Crippen LogP contribution is -2.33. The minimum atomic E-state index is -0.0823. The smallest absolute Gasteiger partial charge is 0.270 e. The molecule has 0 saturated heterocycles. The molecule has 0 spiro atoms. The van der Waals surface area contributed by atoms with E-state index in [0.29, 0.717) is 18.3 Å². The summed E-state index contributed by atoms with van der Waals surface area (Å²) in [6, 6.07) is 11.6. The molecule has 0 unspecified atom stereocenters. The van der Waals surface area contributed by atoms with Crippen LogP contribution in [0.3, 0.4) is 0 Å². The first-order valence-corrected chi connectivity index (χ1v) is 8.34. The molecule has 1 aliphatic rings. The minimum Gasteiger partial charge on any atom is -0.380 e. The summed E-state index contributed by atoms with van der Waals surface area (Å²) in [7, 11) is 0. The van der Waals surface area contributed by atoms with E-state index in [1.165, 1.54) is 12.8 Å². The normalized spacial score (nSPS) is 14.7. The highest BCUT2D eigenvalue weighted by molar-refractivity contribution is 6.30. The third kappa shape index (κ3) is 4.45. The van der Waals surface area contributed by atoms with E-state index < -0.39 is 0 Å². The number of nitrogens with one attached hydrogen (secondary N) is 2. The summed E-state index contributed by atoms with van der Waals surface area (Å²) in [5.41, 5.74) is 2.49. The number of pyridine rings is 1. The van der Waals surface area contributed by atoms with Crippen molar-refractivity contribution in [2.24, 2.45) is 0 Å². The Morgan fingerprint density at radius 2 is 1.87 bits per heavy atom. The fraction of sp³-hybridized carbons (Fsp3) is 0.333. The highest BCUT2D eigenvalue weighted by Gasteiger charge is 2.18. The molecule has 1 amide bonds. The highest BCUT2D eigenvalue weighted by atomic mass is 35.5. The van der Waals surface area contributed by atoms with Crippen LogP contribution in [0.2, 0.25) is 5.02 Å². The lowest BCUT2D eigenvalue weighted by molar-refractivity contribution is 0.0933. The van der Waals surface area contributed by atoms with Crippen molar-refractivity contribution in [3.63, 3.8) is 0 Å². The topological polar surface area (TPSA) is 54.0 Å². The fourth-order valence-corrected chi connectivity index (χ4v) is 2.89. The second-order valence-electron chi connectivity index (χ2n) is 5.87. The monoisotopic (exact) mass is 329 g/mol. The second-order valence-corrected chi connectivity index (χ2v) is 6.30. The molecule has 3 rings (SSSR count). The molecule has 0 bridgehead atoms. The van der Waals surface area contributed by atoms with Crippen LogP contribution in [0.1, 0.15) is 41.7 Å². The Hall–Kier alpha value is -2.07. The summed E-state index contributed by atoms with van der Waals surface area (Å²) in [5.74, 6) is -0.0823. The van der Waals surface area contributed by atoms with Gasteiger partial charge in [0.15, 0.2) is 0 Å². The molecular formula is C18H20ClN3O. The van der Waals surface area contributed by atoms with Gasteiger partial charge >= 0.3 is 0 Å². The molecule has 1 aromatic carbocycles. The van der Waals surface area contributed by atoms with Crippen molar-refractivity contribution in [2.45, 2.75) is 38.3 Å². The van der Waals surface area contributed by atoms with E-state index in [4.69, 9.17) is 11.6 Å². The van der Waals surface area contributed by atoms with Gasteiger partial charge in [-0.1, -0.05) is 36.6 Å². The van der Waals surface area contributed by atoms with Crippen molar-refractivity contribution < 1.29 is 4.79 Å². The van der Waals surface area contributed by atoms with Gasteiger partial charge in [0.1, 0.15) is 5.69 Å². The van der Waals surface area contributed by atoms with Gasteiger partial charge in [-0.05, 0) is 42.7 Å². The maximum atomic E-state index is 12.1. The van der Waals surface area contributed by atoms with E-state index in [0.717, 1.165) is 29.1 Å². The van der Waals surface area contributed by atoms with Crippen LogP contribution in [0.5, 0.6) is 0 Å². The number of carbonyl (C=O) groups excluding carboxylic acids is 1. The predicted octanol–water partition coefficient (Wildman–Crippen LogP) is 4.02. The van der Waals surface area contributed by atoms with Crippen molar-refractivity contribution in [2.75, 3.05) is 5.32 Å². The molecule has 0 aliphatic heterocycles. The first-order chi connectivity index (χ1) is 11.2. The largest absolute Gasteiger partial charge is 0.380 e. The van der Waals surface area contributed by atoms with Gasteiger partial charge in [0.2, 0.25) is 0 Å². The Kier molecular flexibility index (Phi) is 5.13. The summed E-state index contributed by atoms with van der Waals surface area (Å²) in [5, 5.41) is 7.06. The molecule has 0 radical (unpaired) electrons. The van der Waals surface area contributed by atoms with Gasteiger partial charge in [-0.15, -0.1) is 0 Å². The fourth-order valence-electron chi connectivity index (χ4n) is 2.77. The maximum Gasteiger partial charge on any atom is 0.270 e. The molecule has 1 heterocycles. The number of nitrogens with zero attached hydrogens (tertiary/aromatic N) is 1. The molecule has 120 valence electrons. The number of hydrogen-bond acceptors (Lipinski definition) is 3. The van der Waals surface area contributed by atoms with E-state index in [9.17, 15) is 4.79 Å². The van der Waals surface area contributed by atoms with Crippen molar-refractivity contribution >= 4 is 23.2 Å². The number of carbonyl (C=O) groups is 1. The number of amides is 1. The Bertz CT molecular complexity index is 649. The number of benzene rings is 1. The third-order valence-corrected chi connectivity index (χ3v) is 4.35. The number of aromatic nitrogens is 1. The first-order valence-electron chi connectivity index (χ1n) is 7.96. The average molecular weight is 330 g/mol. The van der Waals surface area contributed by atoms with Gasteiger partial charge in [0.05, 0.1) is 11.9 Å². The molecule has 0 atom stereocenters. The Morgan fingerprint density at radius 1 is 1.13 bits per heavy atom. The number of anilines is 1. The van der Waals surface area contributed by atoms with E-state index in [2.05, 4.69) is 15.6 Å². The molecule has 2 N–H and O–H groups in total. The zero-order valence-corrected chi connectivity index (χ0v) is 13.6. The van der Waals surface area contributed by atoms with Crippen LogP contribution in [-0.2, 0) is 6.54 Å². The lowest BCUT2D eigenvalue weighted by atomic mass is 10.2. The van der Waals surface area contributed by atoms with Gasteiger partial charge in [0, 0.05) is 17.6 Å². The summed E-state index contributed by atoms with van der Waals surface area (Å²) < 4.78 is 0. The van der Waals surface area contributed by atoms with Crippen molar-refractivity contribution in [3.8, 4) is 0 Å². The third-order valence-electron chi connectivity index (χ3n) is 4.10. The number of halogens is 1. The molecule has 1 aliphatic carbocycles. The second kappa shape index (κ2) is 7.47. The SMILES string of the molecule is O=C(NC1CCCC1)c1ccc(NCc2ccc(Cl)cc2)cn1. The average Bonchev–Trinajstić information content (AvgIpc) is 3.08. The van der Waals surface area contributed by atoms with Gasteiger partial charge in [0.25, 0.3) is 5.91 Å². The molecule has 2 aromatic rings. The lowest BCUT2D eigenvalue weighted by Gasteiger charge is -2.12. The summed E-state index contributed by atoms with van der Waals surface area (Å²) >= 11 is 5.87. The van der Waals surface area contributed by atoms with Crippen LogP contribution in [0.25, 0.3) is 0 Å². The van der Waals surface area contributed by atoms with E-state index in [-0.39, 0.29) is 5.91 Å². The van der Waals surface area contributed by atoms with Gasteiger partial charge in [-0.25, -0.2) is 4.98 Å². The van der Waals surface area contributed by atoms with Gasteiger partial charge in [-0.3, -0.25) is 4.79 Å². The van der Waals surface area contributed by atoms with Crippen LogP contribution in [0.15, 0.2) is 42.6 Å². The minimum absolute atomic E-state index is 0.0823. The van der Waals surface area contributed by atoms with Crippen molar-refractivity contribution in [1.29, 1.82) is 0 Å². The zero-order chi connectivity index (χ0) is 16.1. The summed E-state index contributed by atoms with van der Waals surface area (Å²) in [4.78, 5) is 16.4. The summed E-state index contributed by atoms with van der Waals surface area (Å²) in [6.07, 6.45) is 6.25. The molecule has 5 heteroatoms. The molecular weight excluding hydrogens is 310 g/mol. The quantitative estimate of drug-likeness (QED) is 0.871. The van der Waals surface area contributed by atoms with Crippen molar-refractivity contribution in [3.05, 3.63) is 58.9 Å². The van der Waals surface area contributed by atoms with E-state index in [1.807, 2.05) is 30.3 Å². The Balaban J connectivity index is 1.53. The molecule has 4 nitrogen and oxygen atoms in total. The zero-order valence-electron chi connectivity index (χ0n) is 12.9. The number of hydrogen-bond donors (Lipinski definition) is 2. The van der Waals surface area contributed by atoms with Crippen LogP contribution >= 0.6 is 11.6 Å². The Labute approximate surface area is 141 Å².